The van der Waals surface area contributed by atoms with E-state index in [1.165, 1.54) is 11.3 Å². The molecule has 0 radical (unpaired) electrons. The highest BCUT2D eigenvalue weighted by atomic mass is 127. The Hall–Kier alpha value is -2.98. The molecule has 3 aromatic rings. The Morgan fingerprint density at radius 1 is 1.21 bits per heavy atom. The number of benzene rings is 2. The van der Waals surface area contributed by atoms with Gasteiger partial charge in [-0.05, 0) is 77.9 Å². The Morgan fingerprint density at radius 3 is 2.56 bits per heavy atom. The van der Waals surface area contributed by atoms with Gasteiger partial charge in [0, 0.05) is 3.57 Å². The molecule has 0 unspecified atom stereocenters. The van der Waals surface area contributed by atoms with Crippen LogP contribution >= 0.6 is 33.9 Å². The summed E-state index contributed by atoms with van der Waals surface area (Å²) in [5.74, 6) is 0.195. The molecule has 6 nitrogen and oxygen atoms in total. The first-order valence-corrected chi connectivity index (χ1v) is 12.6. The lowest BCUT2D eigenvalue weighted by molar-refractivity contribution is -0.139. The van der Waals surface area contributed by atoms with Gasteiger partial charge in [0.05, 0.1) is 28.5 Å². The molecule has 0 bridgehead atoms. The van der Waals surface area contributed by atoms with Crippen LogP contribution in [0.5, 0.6) is 5.75 Å². The number of carbonyl (C=O) groups is 1. The zero-order valence-corrected chi connectivity index (χ0v) is 21.8. The third-order valence-electron chi connectivity index (χ3n) is 5.25. The largest absolute Gasteiger partial charge is 0.490 e. The lowest BCUT2D eigenvalue weighted by Gasteiger charge is -2.24. The van der Waals surface area contributed by atoms with Gasteiger partial charge in [0.25, 0.3) is 5.56 Å². The number of nitrogens with zero attached hydrogens (tertiary/aromatic N) is 2. The van der Waals surface area contributed by atoms with E-state index in [-0.39, 0.29) is 12.2 Å². The first kappa shape index (κ1) is 24.2. The van der Waals surface area contributed by atoms with Crippen molar-refractivity contribution in [2.24, 2.45) is 4.99 Å². The molecule has 4 rings (SSSR count). The molecular weight excluding hydrogens is 563 g/mol. The highest BCUT2D eigenvalue weighted by Crippen LogP contribution is 2.31. The van der Waals surface area contributed by atoms with Gasteiger partial charge in [0.1, 0.15) is 12.4 Å². The van der Waals surface area contributed by atoms with Crippen molar-refractivity contribution in [3.05, 3.63) is 107 Å². The molecule has 1 aromatic heterocycles. The van der Waals surface area contributed by atoms with Crippen LogP contribution in [0.25, 0.3) is 6.08 Å². The quantitative estimate of drug-likeness (QED) is 0.239. The molecule has 1 aliphatic heterocycles. The van der Waals surface area contributed by atoms with Crippen molar-refractivity contribution in [2.45, 2.75) is 19.9 Å². The van der Waals surface area contributed by atoms with Crippen molar-refractivity contribution < 1.29 is 14.3 Å². The normalized spacial score (nSPS) is 15.5. The van der Waals surface area contributed by atoms with E-state index >= 15 is 0 Å². The molecule has 2 aromatic carbocycles. The van der Waals surface area contributed by atoms with E-state index in [2.05, 4.69) is 34.2 Å². The van der Waals surface area contributed by atoms with Gasteiger partial charge in [-0.15, -0.1) is 0 Å². The number of rotatable bonds is 7. The summed E-state index contributed by atoms with van der Waals surface area (Å²) >= 11 is 3.55. The minimum atomic E-state index is -0.650. The van der Waals surface area contributed by atoms with E-state index in [4.69, 9.17) is 9.47 Å². The van der Waals surface area contributed by atoms with Crippen molar-refractivity contribution in [3.63, 3.8) is 0 Å². The van der Waals surface area contributed by atoms with Crippen LogP contribution in [0.2, 0.25) is 0 Å². The number of hydrogen-bond donors (Lipinski definition) is 0. The predicted molar refractivity (Wildman–Crippen MR) is 142 cm³/mol. The van der Waals surface area contributed by atoms with E-state index in [9.17, 15) is 9.59 Å². The minimum absolute atomic E-state index is 0.200. The lowest BCUT2D eigenvalue weighted by Crippen LogP contribution is -2.39. The van der Waals surface area contributed by atoms with Crippen molar-refractivity contribution in [3.8, 4) is 5.75 Å². The highest BCUT2D eigenvalue weighted by Gasteiger charge is 2.33. The third-order valence-corrected chi connectivity index (χ3v) is 6.95. The fourth-order valence-corrected chi connectivity index (χ4v) is 5.12. The van der Waals surface area contributed by atoms with Crippen molar-refractivity contribution >= 4 is 46.0 Å². The molecule has 0 aliphatic carbocycles. The van der Waals surface area contributed by atoms with Gasteiger partial charge in [-0.3, -0.25) is 9.36 Å². The Kier molecular flexibility index (Phi) is 7.47. The fourth-order valence-electron chi connectivity index (χ4n) is 3.72. The molecule has 1 aliphatic rings. The summed E-state index contributed by atoms with van der Waals surface area (Å²) < 4.78 is 14.2. The topological polar surface area (TPSA) is 69.9 Å². The Morgan fingerprint density at radius 2 is 1.91 bits per heavy atom. The number of ether oxygens (including phenoxy) is 2. The molecule has 8 heteroatoms. The molecule has 0 N–H and O–H groups in total. The Balaban J connectivity index is 1.88. The number of aromatic nitrogens is 1. The maximum absolute atomic E-state index is 13.6. The van der Waals surface area contributed by atoms with Crippen LogP contribution in [0.15, 0.2) is 82.2 Å². The van der Waals surface area contributed by atoms with Crippen LogP contribution in [0.4, 0.5) is 0 Å². The number of halogens is 1. The molecule has 174 valence electrons. The first-order chi connectivity index (χ1) is 16.4. The van der Waals surface area contributed by atoms with Crippen LogP contribution in [0.1, 0.15) is 31.0 Å². The van der Waals surface area contributed by atoms with Gasteiger partial charge in [0.15, 0.2) is 4.80 Å². The van der Waals surface area contributed by atoms with Gasteiger partial charge in [0.2, 0.25) is 0 Å². The smallest absolute Gasteiger partial charge is 0.338 e. The number of carbonyl (C=O) groups excluding carboxylic acids is 1. The molecule has 0 spiro atoms. The average Bonchev–Trinajstić information content (AvgIpc) is 3.13. The molecule has 0 fully saturated rings. The maximum Gasteiger partial charge on any atom is 0.338 e. The Labute approximate surface area is 214 Å². The van der Waals surface area contributed by atoms with Crippen LogP contribution in [-0.2, 0) is 9.53 Å². The van der Waals surface area contributed by atoms with Gasteiger partial charge in [-0.2, -0.15) is 0 Å². The fraction of sp³-hybridized carbons (Fsp3) is 0.192. The third kappa shape index (κ3) is 4.92. The molecule has 0 amide bonds. The van der Waals surface area contributed by atoms with E-state index in [0.717, 1.165) is 14.7 Å². The van der Waals surface area contributed by atoms with Crippen LogP contribution in [0, 0.1) is 3.57 Å². The van der Waals surface area contributed by atoms with E-state index in [1.807, 2.05) is 54.6 Å². The monoisotopic (exact) mass is 586 g/mol. The number of hydrogen-bond acceptors (Lipinski definition) is 6. The molecular formula is C26H23IN2O4S. The number of thiazole rings is 1. The van der Waals surface area contributed by atoms with Crippen molar-refractivity contribution in [2.75, 3.05) is 13.2 Å². The first-order valence-electron chi connectivity index (χ1n) is 10.7. The van der Waals surface area contributed by atoms with Crippen molar-refractivity contribution in [1.29, 1.82) is 0 Å². The summed E-state index contributed by atoms with van der Waals surface area (Å²) in [5.41, 5.74) is 2.39. The van der Waals surface area contributed by atoms with Gasteiger partial charge >= 0.3 is 5.97 Å². The highest BCUT2D eigenvalue weighted by molar-refractivity contribution is 14.1. The van der Waals surface area contributed by atoms with Gasteiger partial charge < -0.3 is 9.47 Å². The standard InChI is InChI=1S/C26H23IN2O4S/c1-4-14-33-20-12-8-18(9-13-20)23-22(25(31)32-5-2)16(3)28-26-29(23)24(30)21(34-26)15-17-6-10-19(27)11-7-17/h4,6-13,15,23H,1,5,14H2,2-3H3/b21-15-/t23-/m1/s1. The van der Waals surface area contributed by atoms with Crippen molar-refractivity contribution in [1.82, 2.24) is 4.57 Å². The summed E-state index contributed by atoms with van der Waals surface area (Å²) in [6.07, 6.45) is 3.52. The van der Waals surface area contributed by atoms with E-state index < -0.39 is 12.0 Å². The second-order valence-corrected chi connectivity index (χ2v) is 9.78. The molecule has 2 heterocycles. The van der Waals surface area contributed by atoms with Gasteiger partial charge in [-0.1, -0.05) is 48.3 Å². The summed E-state index contributed by atoms with van der Waals surface area (Å²) in [4.78, 5) is 31.7. The molecule has 34 heavy (non-hydrogen) atoms. The average molecular weight is 586 g/mol. The molecule has 1 atom stereocenters. The summed E-state index contributed by atoms with van der Waals surface area (Å²) in [7, 11) is 0. The number of allylic oxidation sites excluding steroid dienone is 1. The maximum atomic E-state index is 13.6. The second-order valence-electron chi connectivity index (χ2n) is 7.52. The van der Waals surface area contributed by atoms with Crippen LogP contribution in [-0.4, -0.2) is 23.8 Å². The molecule has 0 saturated carbocycles. The Bertz CT molecular complexity index is 1430. The number of fused-ring (bicyclic) bond motifs is 1. The predicted octanol–water partition coefficient (Wildman–Crippen LogP) is 3.97. The lowest BCUT2D eigenvalue weighted by atomic mass is 9.96. The summed E-state index contributed by atoms with van der Waals surface area (Å²) in [6.45, 7) is 7.81. The SMILES string of the molecule is C=CCOc1ccc([C@@H]2C(C(=O)OCC)=C(C)N=c3s/c(=C\c4ccc(I)cc4)c(=O)n32)cc1. The van der Waals surface area contributed by atoms with Crippen LogP contribution < -0.4 is 19.6 Å². The van der Waals surface area contributed by atoms with E-state index in [1.54, 1.807) is 24.5 Å². The summed E-state index contributed by atoms with van der Waals surface area (Å²) in [5, 5.41) is 0. The van der Waals surface area contributed by atoms with Gasteiger partial charge in [-0.25, -0.2) is 9.79 Å². The zero-order chi connectivity index (χ0) is 24.2. The van der Waals surface area contributed by atoms with E-state index in [0.29, 0.717) is 33.0 Å². The zero-order valence-electron chi connectivity index (χ0n) is 18.8. The second kappa shape index (κ2) is 10.5. The molecule has 0 saturated heterocycles. The summed E-state index contributed by atoms with van der Waals surface area (Å²) in [6, 6.07) is 14.6. The minimum Gasteiger partial charge on any atom is -0.490 e. The number of esters is 1. The van der Waals surface area contributed by atoms with Crippen LogP contribution in [0.3, 0.4) is 0 Å².